The van der Waals surface area contributed by atoms with Gasteiger partial charge in [0.25, 0.3) is 0 Å². The standard InChI is InChI=1S/C76H48N2/c1-5-21-55-43-59(35-31-49(55)15-1)77(60-36-32-50-16-2-6-22-56(50)44-60)73-47-71(65-29-13-25-53-19-9-11-27-63(53)65)67-40-42-70-74(48-72(68-39-41-69(73)75(67)76(68)70)66-30-14-26-54-20-10-12-28-64(54)66)78(61-37-33-51-17-3-7-23-57(51)45-61)62-38-34-52-18-4-8-24-58(52)46-62/h1-48H. The normalized spacial score (nSPS) is 11.8. The summed E-state index contributed by atoms with van der Waals surface area (Å²) in [5, 5.41) is 21.7. The van der Waals surface area contributed by atoms with Gasteiger partial charge in [-0.05, 0) is 158 Å². The maximum absolute atomic E-state index is 2.52. The Morgan fingerprint density at radius 1 is 0.167 bits per heavy atom. The lowest BCUT2D eigenvalue weighted by molar-refractivity contribution is 1.31. The predicted molar refractivity (Wildman–Crippen MR) is 335 cm³/mol. The summed E-state index contributed by atoms with van der Waals surface area (Å²) in [5.74, 6) is 0. The molecule has 16 rings (SSSR count). The number of benzene rings is 16. The number of rotatable bonds is 8. The molecule has 2 nitrogen and oxygen atoms in total. The van der Waals surface area contributed by atoms with Gasteiger partial charge in [-0.1, -0.05) is 231 Å². The van der Waals surface area contributed by atoms with E-state index >= 15 is 0 Å². The fourth-order valence-electron chi connectivity index (χ4n) is 12.8. The van der Waals surface area contributed by atoms with Gasteiger partial charge < -0.3 is 9.80 Å². The van der Waals surface area contributed by atoms with E-state index in [1.807, 2.05) is 0 Å². The molecule has 0 aromatic heterocycles. The zero-order valence-corrected chi connectivity index (χ0v) is 42.6. The Morgan fingerprint density at radius 3 is 0.795 bits per heavy atom. The van der Waals surface area contributed by atoms with Gasteiger partial charge in [-0.15, -0.1) is 0 Å². The van der Waals surface area contributed by atoms with Gasteiger partial charge in [-0.3, -0.25) is 0 Å². The summed E-state index contributed by atoms with van der Waals surface area (Å²) < 4.78 is 0. The van der Waals surface area contributed by atoms with Crippen molar-refractivity contribution in [3.8, 4) is 22.3 Å². The second kappa shape index (κ2) is 17.7. The Kier molecular flexibility index (Phi) is 9.98. The smallest absolute Gasteiger partial charge is 0.0546 e. The fourth-order valence-corrected chi connectivity index (χ4v) is 12.8. The number of fused-ring (bicyclic) bond motifs is 6. The van der Waals surface area contributed by atoms with Gasteiger partial charge >= 0.3 is 0 Å². The van der Waals surface area contributed by atoms with Crippen LogP contribution >= 0.6 is 0 Å². The molecule has 0 fully saturated rings. The van der Waals surface area contributed by atoms with Crippen molar-refractivity contribution in [2.45, 2.75) is 0 Å². The first kappa shape index (κ1) is 44.1. The van der Waals surface area contributed by atoms with E-state index in [0.717, 1.165) is 34.1 Å². The highest BCUT2D eigenvalue weighted by Gasteiger charge is 2.27. The van der Waals surface area contributed by atoms with Crippen LogP contribution in [-0.2, 0) is 0 Å². The van der Waals surface area contributed by atoms with E-state index in [1.54, 1.807) is 0 Å². The summed E-state index contributed by atoms with van der Waals surface area (Å²) in [4.78, 5) is 5.03. The van der Waals surface area contributed by atoms with Gasteiger partial charge in [0.05, 0.1) is 11.4 Å². The lowest BCUT2D eigenvalue weighted by Gasteiger charge is -2.31. The SMILES string of the molecule is c1ccc2cc(N(c3ccc4ccccc4c3)c3cc(-c4cccc5ccccc45)c4ccc5c(N(c6ccc7ccccc7c6)c6ccc7ccccc7c6)cc(-c6cccc7ccccc67)c6ccc3c4c65)ccc2c1. The van der Waals surface area contributed by atoms with Crippen LogP contribution in [0.2, 0.25) is 0 Å². The third-order valence-corrected chi connectivity index (χ3v) is 16.5. The number of hydrogen-bond donors (Lipinski definition) is 0. The van der Waals surface area contributed by atoms with Gasteiger partial charge in [0.15, 0.2) is 0 Å². The molecule has 362 valence electrons. The highest BCUT2D eigenvalue weighted by Crippen LogP contribution is 2.54. The quantitative estimate of drug-likeness (QED) is 0.140. The third-order valence-electron chi connectivity index (χ3n) is 16.5. The fraction of sp³-hybridized carbons (Fsp3) is 0. The first-order valence-corrected chi connectivity index (χ1v) is 27.0. The molecule has 2 heteroatoms. The molecule has 0 saturated heterocycles. The molecule has 0 aliphatic carbocycles. The van der Waals surface area contributed by atoms with Crippen LogP contribution in [0, 0.1) is 0 Å². The van der Waals surface area contributed by atoms with Gasteiger partial charge in [-0.2, -0.15) is 0 Å². The molecule has 0 aliphatic heterocycles. The molecular weight excluding hydrogens is 941 g/mol. The minimum absolute atomic E-state index is 1.10. The minimum Gasteiger partial charge on any atom is -0.310 e. The molecule has 16 aromatic carbocycles. The van der Waals surface area contributed by atoms with Crippen molar-refractivity contribution < 1.29 is 0 Å². The number of anilines is 6. The molecule has 0 bridgehead atoms. The van der Waals surface area contributed by atoms with E-state index in [4.69, 9.17) is 0 Å². The molecule has 0 unspecified atom stereocenters. The Morgan fingerprint density at radius 2 is 0.449 bits per heavy atom. The Labute approximate surface area is 451 Å². The van der Waals surface area contributed by atoms with E-state index in [2.05, 4.69) is 301 Å². The molecule has 0 saturated carbocycles. The summed E-state index contributed by atoms with van der Waals surface area (Å²) in [6, 6.07) is 109. The van der Waals surface area contributed by atoms with Crippen molar-refractivity contribution >= 4 is 131 Å². The number of hydrogen-bond acceptors (Lipinski definition) is 2. The zero-order valence-electron chi connectivity index (χ0n) is 42.6. The molecule has 0 radical (unpaired) electrons. The van der Waals surface area contributed by atoms with E-state index < -0.39 is 0 Å². The summed E-state index contributed by atoms with van der Waals surface area (Å²) in [6.45, 7) is 0. The molecule has 0 spiro atoms. The first-order valence-electron chi connectivity index (χ1n) is 27.0. The molecule has 0 amide bonds. The Bertz CT molecular complexity index is 4580. The van der Waals surface area contributed by atoms with Crippen LogP contribution in [0.1, 0.15) is 0 Å². The van der Waals surface area contributed by atoms with Crippen LogP contribution < -0.4 is 9.80 Å². The lowest BCUT2D eigenvalue weighted by atomic mass is 9.84. The first-order chi connectivity index (χ1) is 38.7. The van der Waals surface area contributed by atoms with E-state index in [0.29, 0.717) is 0 Å². The maximum Gasteiger partial charge on any atom is 0.0546 e. The highest BCUT2D eigenvalue weighted by molar-refractivity contribution is 6.33. The summed E-state index contributed by atoms with van der Waals surface area (Å²) in [6.07, 6.45) is 0. The largest absolute Gasteiger partial charge is 0.310 e. The minimum atomic E-state index is 1.10. The Balaban J connectivity index is 1.09. The summed E-state index contributed by atoms with van der Waals surface area (Å²) in [5.41, 5.74) is 11.4. The second-order valence-electron chi connectivity index (χ2n) is 20.8. The Hall–Kier alpha value is -10.3. The average Bonchev–Trinajstić information content (AvgIpc) is 3.70. The van der Waals surface area contributed by atoms with Crippen LogP contribution in [0.25, 0.3) is 119 Å². The maximum atomic E-state index is 2.52. The van der Waals surface area contributed by atoms with Crippen LogP contribution in [0.15, 0.2) is 291 Å². The number of nitrogens with zero attached hydrogens (tertiary/aromatic N) is 2. The lowest BCUT2D eigenvalue weighted by Crippen LogP contribution is -2.12. The predicted octanol–water partition coefficient (Wildman–Crippen LogP) is 21.8. The topological polar surface area (TPSA) is 6.48 Å². The second-order valence-corrected chi connectivity index (χ2v) is 20.8. The summed E-state index contributed by atoms with van der Waals surface area (Å²) in [7, 11) is 0. The van der Waals surface area contributed by atoms with Gasteiger partial charge in [0.2, 0.25) is 0 Å². The molecule has 16 aromatic rings. The van der Waals surface area contributed by atoms with Gasteiger partial charge in [0.1, 0.15) is 0 Å². The van der Waals surface area contributed by atoms with Crippen molar-refractivity contribution in [1.29, 1.82) is 0 Å². The molecule has 78 heavy (non-hydrogen) atoms. The van der Waals surface area contributed by atoms with E-state index in [1.165, 1.54) is 119 Å². The molecule has 0 aliphatic rings. The van der Waals surface area contributed by atoms with E-state index in [9.17, 15) is 0 Å². The van der Waals surface area contributed by atoms with Crippen molar-refractivity contribution in [3.63, 3.8) is 0 Å². The van der Waals surface area contributed by atoms with Gasteiger partial charge in [0, 0.05) is 44.3 Å². The van der Waals surface area contributed by atoms with Crippen LogP contribution in [0.4, 0.5) is 34.1 Å². The van der Waals surface area contributed by atoms with E-state index in [-0.39, 0.29) is 0 Å². The van der Waals surface area contributed by atoms with Crippen LogP contribution in [0.5, 0.6) is 0 Å². The van der Waals surface area contributed by atoms with Crippen molar-refractivity contribution in [2.24, 2.45) is 0 Å². The molecular formula is C76H48N2. The van der Waals surface area contributed by atoms with Gasteiger partial charge in [-0.25, -0.2) is 0 Å². The zero-order chi connectivity index (χ0) is 51.3. The molecule has 0 heterocycles. The highest BCUT2D eigenvalue weighted by atomic mass is 15.2. The van der Waals surface area contributed by atoms with Crippen LogP contribution in [0.3, 0.4) is 0 Å². The average molecular weight is 989 g/mol. The van der Waals surface area contributed by atoms with Crippen LogP contribution in [-0.4, -0.2) is 0 Å². The monoisotopic (exact) mass is 988 g/mol. The summed E-state index contributed by atoms with van der Waals surface area (Å²) >= 11 is 0. The molecule has 0 N–H and O–H groups in total. The molecule has 0 atom stereocenters. The van der Waals surface area contributed by atoms with Crippen molar-refractivity contribution in [1.82, 2.24) is 0 Å². The van der Waals surface area contributed by atoms with Crippen molar-refractivity contribution in [2.75, 3.05) is 9.80 Å². The third kappa shape index (κ3) is 7.04. The van der Waals surface area contributed by atoms with Crippen molar-refractivity contribution in [3.05, 3.63) is 291 Å².